The van der Waals surface area contributed by atoms with E-state index in [1.165, 1.54) is 11.1 Å². The number of amides is 2. The van der Waals surface area contributed by atoms with E-state index in [-0.39, 0.29) is 5.91 Å². The molecule has 5 heteroatoms. The van der Waals surface area contributed by atoms with Crippen LogP contribution in [0.1, 0.15) is 38.3 Å². The van der Waals surface area contributed by atoms with Crippen molar-refractivity contribution < 1.29 is 9.59 Å². The van der Waals surface area contributed by atoms with E-state index in [1.807, 2.05) is 0 Å². The first-order valence-corrected chi connectivity index (χ1v) is 8.60. The highest BCUT2D eigenvalue weighted by atomic mass is 16.2. The van der Waals surface area contributed by atoms with Gasteiger partial charge in [0.15, 0.2) is 0 Å². The average Bonchev–Trinajstić information content (AvgIpc) is 2.65. The zero-order valence-electron chi connectivity index (χ0n) is 14.2. The van der Waals surface area contributed by atoms with Gasteiger partial charge in [0.2, 0.25) is 5.91 Å². The zero-order valence-corrected chi connectivity index (χ0v) is 14.2. The van der Waals surface area contributed by atoms with Gasteiger partial charge in [0.05, 0.1) is 0 Å². The maximum atomic E-state index is 12.1. The van der Waals surface area contributed by atoms with Gasteiger partial charge in [0, 0.05) is 37.3 Å². The molecule has 1 heterocycles. The van der Waals surface area contributed by atoms with Crippen molar-refractivity contribution in [2.75, 3.05) is 19.6 Å². The highest BCUT2D eigenvalue weighted by Gasteiger charge is 2.15. The number of benzene rings is 2. The molecular weight excluding hydrogens is 314 g/mol. The molecule has 0 saturated carbocycles. The Bertz CT molecular complexity index is 756. The molecule has 2 amide bonds. The summed E-state index contributed by atoms with van der Waals surface area (Å²) in [4.78, 5) is 25.6. The number of nitrogens with zero attached hydrogens (tertiary/aromatic N) is 1. The van der Waals surface area contributed by atoms with Crippen LogP contribution in [0.5, 0.6) is 0 Å². The molecule has 0 unspecified atom stereocenters. The Kier molecular flexibility index (Phi) is 5.46. The van der Waals surface area contributed by atoms with Crippen LogP contribution in [0.2, 0.25) is 0 Å². The third-order valence-corrected chi connectivity index (χ3v) is 4.58. The Morgan fingerprint density at radius 2 is 1.68 bits per heavy atom. The van der Waals surface area contributed by atoms with E-state index in [0.29, 0.717) is 17.7 Å². The van der Waals surface area contributed by atoms with Gasteiger partial charge in [-0.2, -0.15) is 0 Å². The summed E-state index contributed by atoms with van der Waals surface area (Å²) in [5, 5.41) is 2.92. The minimum absolute atomic E-state index is 0.125. The van der Waals surface area contributed by atoms with Gasteiger partial charge < -0.3 is 11.1 Å². The topological polar surface area (TPSA) is 75.4 Å². The number of nitrogens with two attached hydrogens (primary N) is 1. The quantitative estimate of drug-likeness (QED) is 0.791. The van der Waals surface area contributed by atoms with Gasteiger partial charge in [0.1, 0.15) is 0 Å². The molecule has 0 aliphatic carbocycles. The molecule has 3 N–H and O–H groups in total. The standard InChI is InChI=1S/C20H23N3O2/c21-19(24)16-6-8-17(9-7-16)20(25)22-11-3-12-23-13-10-15-4-1-2-5-18(15)14-23/h1-2,4-9H,3,10-14H2,(H2,21,24)(H,22,25). The van der Waals surface area contributed by atoms with Crippen LogP contribution in [-0.4, -0.2) is 36.3 Å². The van der Waals surface area contributed by atoms with Crippen molar-refractivity contribution in [1.29, 1.82) is 0 Å². The second kappa shape index (κ2) is 7.94. The van der Waals surface area contributed by atoms with Crippen LogP contribution < -0.4 is 11.1 Å². The SMILES string of the molecule is NC(=O)c1ccc(C(=O)NCCCN2CCc3ccccc3C2)cc1. The van der Waals surface area contributed by atoms with Crippen molar-refractivity contribution in [3.63, 3.8) is 0 Å². The molecule has 2 aromatic carbocycles. The summed E-state index contributed by atoms with van der Waals surface area (Å²) >= 11 is 0. The first kappa shape index (κ1) is 17.2. The van der Waals surface area contributed by atoms with Crippen LogP contribution >= 0.6 is 0 Å². The fourth-order valence-electron chi connectivity index (χ4n) is 3.14. The molecule has 25 heavy (non-hydrogen) atoms. The molecule has 0 atom stereocenters. The largest absolute Gasteiger partial charge is 0.366 e. The lowest BCUT2D eigenvalue weighted by atomic mass is 10.00. The van der Waals surface area contributed by atoms with Crippen molar-refractivity contribution >= 4 is 11.8 Å². The molecule has 0 aromatic heterocycles. The van der Waals surface area contributed by atoms with Crippen molar-refractivity contribution in [3.05, 3.63) is 70.8 Å². The molecule has 1 aliphatic rings. The van der Waals surface area contributed by atoms with Crippen molar-refractivity contribution in [2.45, 2.75) is 19.4 Å². The second-order valence-electron chi connectivity index (χ2n) is 6.35. The smallest absolute Gasteiger partial charge is 0.251 e. The van der Waals surface area contributed by atoms with Crippen molar-refractivity contribution in [2.24, 2.45) is 5.73 Å². The lowest BCUT2D eigenvalue weighted by molar-refractivity contribution is 0.0948. The molecule has 1 aliphatic heterocycles. The maximum absolute atomic E-state index is 12.1. The summed E-state index contributed by atoms with van der Waals surface area (Å²) in [6, 6.07) is 15.0. The van der Waals surface area contributed by atoms with Gasteiger partial charge in [-0.1, -0.05) is 24.3 Å². The minimum Gasteiger partial charge on any atom is -0.366 e. The Balaban J connectivity index is 1.41. The number of carbonyl (C=O) groups is 2. The molecule has 130 valence electrons. The molecule has 0 fully saturated rings. The molecule has 5 nitrogen and oxygen atoms in total. The van der Waals surface area contributed by atoms with Crippen LogP contribution in [0.15, 0.2) is 48.5 Å². The Morgan fingerprint density at radius 1 is 1.00 bits per heavy atom. The van der Waals surface area contributed by atoms with E-state index in [2.05, 4.69) is 34.5 Å². The minimum atomic E-state index is -0.491. The van der Waals surface area contributed by atoms with Crippen molar-refractivity contribution in [3.8, 4) is 0 Å². The van der Waals surface area contributed by atoms with Crippen LogP contribution in [0.4, 0.5) is 0 Å². The number of fused-ring (bicyclic) bond motifs is 1. The van der Waals surface area contributed by atoms with E-state index in [9.17, 15) is 9.59 Å². The van der Waals surface area contributed by atoms with Gasteiger partial charge in [-0.05, 0) is 48.2 Å². The molecule has 3 rings (SSSR count). The summed E-state index contributed by atoms with van der Waals surface area (Å²) in [5.41, 5.74) is 9.00. The highest BCUT2D eigenvalue weighted by molar-refractivity contribution is 5.97. The normalized spacial score (nSPS) is 13.9. The molecule has 0 saturated heterocycles. The second-order valence-corrected chi connectivity index (χ2v) is 6.35. The van der Waals surface area contributed by atoms with E-state index in [0.717, 1.165) is 32.5 Å². The van der Waals surface area contributed by atoms with Gasteiger partial charge >= 0.3 is 0 Å². The number of carbonyl (C=O) groups excluding carboxylic acids is 2. The van der Waals surface area contributed by atoms with Crippen LogP contribution in [0.25, 0.3) is 0 Å². The number of primary amides is 1. The lowest BCUT2D eigenvalue weighted by Crippen LogP contribution is -2.33. The molecule has 0 bridgehead atoms. The summed E-state index contributed by atoms with van der Waals surface area (Å²) in [6.07, 6.45) is 2.00. The Hall–Kier alpha value is -2.66. The number of rotatable bonds is 6. The Morgan fingerprint density at radius 3 is 2.40 bits per heavy atom. The predicted octanol–water partition coefficient (Wildman–Crippen LogP) is 1.96. The van der Waals surface area contributed by atoms with Gasteiger partial charge in [-0.25, -0.2) is 0 Å². The summed E-state index contributed by atoms with van der Waals surface area (Å²) in [6.45, 7) is 3.65. The highest BCUT2D eigenvalue weighted by Crippen LogP contribution is 2.18. The zero-order chi connectivity index (χ0) is 17.6. The van der Waals surface area contributed by atoms with Gasteiger partial charge in [-0.15, -0.1) is 0 Å². The summed E-state index contributed by atoms with van der Waals surface area (Å²) < 4.78 is 0. The van der Waals surface area contributed by atoms with E-state index >= 15 is 0 Å². The fourth-order valence-corrected chi connectivity index (χ4v) is 3.14. The third-order valence-electron chi connectivity index (χ3n) is 4.58. The van der Waals surface area contributed by atoms with E-state index < -0.39 is 5.91 Å². The summed E-state index contributed by atoms with van der Waals surface area (Å²) in [5.74, 6) is -0.616. The number of hydrogen-bond acceptors (Lipinski definition) is 3. The van der Waals surface area contributed by atoms with Gasteiger partial charge in [0.25, 0.3) is 5.91 Å². The first-order chi connectivity index (χ1) is 12.1. The van der Waals surface area contributed by atoms with E-state index in [1.54, 1.807) is 24.3 Å². The van der Waals surface area contributed by atoms with Crippen LogP contribution in [0.3, 0.4) is 0 Å². The predicted molar refractivity (Wildman–Crippen MR) is 97.3 cm³/mol. The summed E-state index contributed by atoms with van der Waals surface area (Å²) in [7, 11) is 0. The molecule has 0 spiro atoms. The number of nitrogens with one attached hydrogen (secondary N) is 1. The molecule has 0 radical (unpaired) electrons. The van der Waals surface area contributed by atoms with E-state index in [4.69, 9.17) is 5.73 Å². The van der Waals surface area contributed by atoms with Crippen LogP contribution in [-0.2, 0) is 13.0 Å². The van der Waals surface area contributed by atoms with Crippen LogP contribution in [0, 0.1) is 0 Å². The monoisotopic (exact) mass is 337 g/mol. The average molecular weight is 337 g/mol. The lowest BCUT2D eigenvalue weighted by Gasteiger charge is -2.28. The van der Waals surface area contributed by atoms with Gasteiger partial charge in [-0.3, -0.25) is 14.5 Å². The van der Waals surface area contributed by atoms with Crippen molar-refractivity contribution in [1.82, 2.24) is 10.2 Å². The maximum Gasteiger partial charge on any atom is 0.251 e. The Labute approximate surface area is 147 Å². The molecule has 2 aromatic rings. The fraction of sp³-hybridized carbons (Fsp3) is 0.300. The number of hydrogen-bond donors (Lipinski definition) is 2. The molecular formula is C20H23N3O2. The first-order valence-electron chi connectivity index (χ1n) is 8.60. The third kappa shape index (κ3) is 4.45.